The molecular formula is C16H13ClO4. The highest BCUT2D eigenvalue weighted by Crippen LogP contribution is 2.36. The Hall–Kier alpha value is -2.20. The SMILES string of the molecule is O=C(O)c1ccc(-c2ccc3c(c2)OCCCO3)c(Cl)c1. The summed E-state index contributed by atoms with van der Waals surface area (Å²) in [5.74, 6) is 0.403. The van der Waals surface area contributed by atoms with Crippen molar-refractivity contribution in [3.63, 3.8) is 0 Å². The molecule has 0 bridgehead atoms. The van der Waals surface area contributed by atoms with Crippen LogP contribution in [0.3, 0.4) is 0 Å². The molecule has 0 fully saturated rings. The third-order valence-corrected chi connectivity index (χ3v) is 3.59. The molecule has 5 heteroatoms. The summed E-state index contributed by atoms with van der Waals surface area (Å²) >= 11 is 6.19. The predicted molar refractivity (Wildman–Crippen MR) is 79.5 cm³/mol. The Balaban J connectivity index is 2.01. The number of carboxylic acid groups (broad SMARTS) is 1. The van der Waals surface area contributed by atoms with Gasteiger partial charge in [-0.3, -0.25) is 0 Å². The molecule has 1 aliphatic rings. The highest BCUT2D eigenvalue weighted by atomic mass is 35.5. The second-order valence-corrected chi connectivity index (χ2v) is 5.12. The number of rotatable bonds is 2. The molecule has 0 saturated carbocycles. The molecule has 21 heavy (non-hydrogen) atoms. The Morgan fingerprint density at radius 3 is 2.52 bits per heavy atom. The van der Waals surface area contributed by atoms with Gasteiger partial charge in [-0.15, -0.1) is 0 Å². The number of ether oxygens (including phenoxy) is 2. The zero-order chi connectivity index (χ0) is 14.8. The molecule has 3 rings (SSSR count). The van der Waals surface area contributed by atoms with Gasteiger partial charge in [0.25, 0.3) is 0 Å². The summed E-state index contributed by atoms with van der Waals surface area (Å²) in [6.07, 6.45) is 0.845. The van der Waals surface area contributed by atoms with Gasteiger partial charge in [-0.2, -0.15) is 0 Å². The Labute approximate surface area is 126 Å². The molecule has 0 aliphatic carbocycles. The van der Waals surface area contributed by atoms with Crippen LogP contribution in [0.25, 0.3) is 11.1 Å². The smallest absolute Gasteiger partial charge is 0.335 e. The number of aromatic carboxylic acids is 1. The van der Waals surface area contributed by atoms with Crippen molar-refractivity contribution in [3.05, 3.63) is 47.0 Å². The minimum absolute atomic E-state index is 0.165. The summed E-state index contributed by atoms with van der Waals surface area (Å²) < 4.78 is 11.2. The molecule has 2 aromatic carbocycles. The first-order chi connectivity index (χ1) is 10.1. The second kappa shape index (κ2) is 5.66. The summed E-state index contributed by atoms with van der Waals surface area (Å²) in [6.45, 7) is 1.25. The lowest BCUT2D eigenvalue weighted by atomic mass is 10.0. The topological polar surface area (TPSA) is 55.8 Å². The first-order valence-corrected chi connectivity index (χ1v) is 6.96. The van der Waals surface area contributed by atoms with Gasteiger partial charge in [-0.05, 0) is 29.8 Å². The maximum absolute atomic E-state index is 10.9. The van der Waals surface area contributed by atoms with E-state index >= 15 is 0 Å². The molecular weight excluding hydrogens is 292 g/mol. The zero-order valence-electron chi connectivity index (χ0n) is 11.1. The van der Waals surface area contributed by atoms with Crippen molar-refractivity contribution in [2.45, 2.75) is 6.42 Å². The molecule has 0 aromatic heterocycles. The second-order valence-electron chi connectivity index (χ2n) is 4.71. The van der Waals surface area contributed by atoms with Gasteiger partial charge in [0, 0.05) is 17.0 Å². The van der Waals surface area contributed by atoms with E-state index in [-0.39, 0.29) is 5.56 Å². The molecule has 1 heterocycles. The minimum Gasteiger partial charge on any atom is -0.490 e. The van der Waals surface area contributed by atoms with Crippen LogP contribution in [0.5, 0.6) is 11.5 Å². The number of carboxylic acids is 1. The lowest BCUT2D eigenvalue weighted by molar-refractivity contribution is 0.0697. The van der Waals surface area contributed by atoms with Crippen LogP contribution in [0.2, 0.25) is 5.02 Å². The fraction of sp³-hybridized carbons (Fsp3) is 0.188. The molecule has 0 unspecified atom stereocenters. The van der Waals surface area contributed by atoms with Gasteiger partial charge in [-0.1, -0.05) is 23.7 Å². The molecule has 1 aliphatic heterocycles. The van der Waals surface area contributed by atoms with Crippen molar-refractivity contribution in [2.75, 3.05) is 13.2 Å². The fourth-order valence-corrected chi connectivity index (χ4v) is 2.50. The quantitative estimate of drug-likeness (QED) is 0.915. The Morgan fingerprint density at radius 2 is 1.81 bits per heavy atom. The lowest BCUT2D eigenvalue weighted by Gasteiger charge is -2.11. The third-order valence-electron chi connectivity index (χ3n) is 3.27. The summed E-state index contributed by atoms with van der Waals surface area (Å²) in [4.78, 5) is 10.9. The molecule has 0 saturated heterocycles. The summed E-state index contributed by atoms with van der Waals surface area (Å²) in [5, 5.41) is 9.36. The van der Waals surface area contributed by atoms with E-state index in [4.69, 9.17) is 26.2 Å². The number of halogens is 1. The first kappa shape index (κ1) is 13.8. The lowest BCUT2D eigenvalue weighted by Crippen LogP contribution is -1.97. The maximum Gasteiger partial charge on any atom is 0.335 e. The van der Waals surface area contributed by atoms with E-state index in [1.165, 1.54) is 12.1 Å². The van der Waals surface area contributed by atoms with E-state index in [1.807, 2.05) is 18.2 Å². The van der Waals surface area contributed by atoms with Crippen LogP contribution in [-0.2, 0) is 0 Å². The predicted octanol–water partition coefficient (Wildman–Crippen LogP) is 3.87. The van der Waals surface area contributed by atoms with E-state index in [0.29, 0.717) is 24.0 Å². The average molecular weight is 305 g/mol. The van der Waals surface area contributed by atoms with Crippen LogP contribution in [0, 0.1) is 0 Å². The maximum atomic E-state index is 10.9. The number of fused-ring (bicyclic) bond motifs is 1. The van der Waals surface area contributed by atoms with Crippen molar-refractivity contribution in [1.29, 1.82) is 0 Å². The number of carbonyl (C=O) groups is 1. The largest absolute Gasteiger partial charge is 0.490 e. The van der Waals surface area contributed by atoms with Crippen LogP contribution in [0.4, 0.5) is 0 Å². The van der Waals surface area contributed by atoms with Gasteiger partial charge >= 0.3 is 5.97 Å². The number of hydrogen-bond acceptors (Lipinski definition) is 3. The monoisotopic (exact) mass is 304 g/mol. The number of hydrogen-bond donors (Lipinski definition) is 1. The molecule has 1 N–H and O–H groups in total. The van der Waals surface area contributed by atoms with E-state index in [0.717, 1.165) is 23.3 Å². The van der Waals surface area contributed by atoms with Crippen LogP contribution in [0.15, 0.2) is 36.4 Å². The summed E-state index contributed by atoms with van der Waals surface area (Å²) in [6, 6.07) is 10.3. The van der Waals surface area contributed by atoms with Crippen LogP contribution in [0.1, 0.15) is 16.8 Å². The van der Waals surface area contributed by atoms with Gasteiger partial charge in [0.1, 0.15) is 0 Å². The van der Waals surface area contributed by atoms with Crippen LogP contribution in [-0.4, -0.2) is 24.3 Å². The molecule has 2 aromatic rings. The highest BCUT2D eigenvalue weighted by Gasteiger charge is 2.14. The number of benzene rings is 2. The molecule has 0 radical (unpaired) electrons. The zero-order valence-corrected chi connectivity index (χ0v) is 11.9. The van der Waals surface area contributed by atoms with E-state index in [2.05, 4.69) is 0 Å². The average Bonchev–Trinajstić information content (AvgIpc) is 2.71. The first-order valence-electron chi connectivity index (χ1n) is 6.58. The Morgan fingerprint density at radius 1 is 1.05 bits per heavy atom. The Kier molecular flexibility index (Phi) is 3.71. The van der Waals surface area contributed by atoms with Gasteiger partial charge < -0.3 is 14.6 Å². The molecule has 0 amide bonds. The van der Waals surface area contributed by atoms with Gasteiger partial charge in [0.2, 0.25) is 0 Å². The van der Waals surface area contributed by atoms with E-state index in [9.17, 15) is 4.79 Å². The van der Waals surface area contributed by atoms with Gasteiger partial charge in [-0.25, -0.2) is 4.79 Å². The summed E-state index contributed by atoms with van der Waals surface area (Å²) in [7, 11) is 0. The standard InChI is InChI=1S/C16H13ClO4/c17-13-8-11(16(18)19)2-4-12(13)10-3-5-14-15(9-10)21-7-1-6-20-14/h2-5,8-9H,1,6-7H2,(H,18,19). The van der Waals surface area contributed by atoms with Gasteiger partial charge in [0.15, 0.2) is 11.5 Å². The van der Waals surface area contributed by atoms with E-state index in [1.54, 1.807) is 6.07 Å². The van der Waals surface area contributed by atoms with Crippen LogP contribution >= 0.6 is 11.6 Å². The molecule has 0 atom stereocenters. The minimum atomic E-state index is -0.998. The van der Waals surface area contributed by atoms with Crippen molar-refractivity contribution >= 4 is 17.6 Å². The summed E-state index contributed by atoms with van der Waals surface area (Å²) in [5.41, 5.74) is 1.79. The van der Waals surface area contributed by atoms with Crippen LogP contribution < -0.4 is 9.47 Å². The Bertz CT molecular complexity index is 697. The van der Waals surface area contributed by atoms with Crippen molar-refractivity contribution < 1.29 is 19.4 Å². The fourth-order valence-electron chi connectivity index (χ4n) is 2.21. The van der Waals surface area contributed by atoms with Crippen molar-refractivity contribution in [1.82, 2.24) is 0 Å². The molecule has 4 nitrogen and oxygen atoms in total. The molecule has 108 valence electrons. The van der Waals surface area contributed by atoms with Crippen molar-refractivity contribution in [2.24, 2.45) is 0 Å². The van der Waals surface area contributed by atoms with Gasteiger partial charge in [0.05, 0.1) is 18.8 Å². The van der Waals surface area contributed by atoms with E-state index < -0.39 is 5.97 Å². The normalized spacial score (nSPS) is 13.6. The van der Waals surface area contributed by atoms with Crippen molar-refractivity contribution in [3.8, 4) is 22.6 Å². The molecule has 0 spiro atoms. The highest BCUT2D eigenvalue weighted by molar-refractivity contribution is 6.33. The third kappa shape index (κ3) is 2.81.